The second-order valence-corrected chi connectivity index (χ2v) is 5.57. The van der Waals surface area contributed by atoms with Crippen molar-refractivity contribution >= 4 is 38.3 Å². The van der Waals surface area contributed by atoms with Crippen LogP contribution in [-0.2, 0) is 0 Å². The quantitative estimate of drug-likeness (QED) is 0.522. The topological polar surface area (TPSA) is 0 Å². The summed E-state index contributed by atoms with van der Waals surface area (Å²) in [7, 11) is 0. The fourth-order valence-electron chi connectivity index (χ4n) is 2.04. The monoisotopic (exact) mass is 316 g/mol. The molecule has 0 N–H and O–H groups in total. The second kappa shape index (κ2) is 4.75. The molecule has 88 valence electrons. The van der Waals surface area contributed by atoms with Crippen molar-refractivity contribution in [3.63, 3.8) is 0 Å². The average molecular weight is 318 g/mol. The fourth-order valence-corrected chi connectivity index (χ4v) is 2.48. The maximum absolute atomic E-state index is 6.03. The van der Waals surface area contributed by atoms with Crippen LogP contribution in [0.5, 0.6) is 0 Å². The van der Waals surface area contributed by atoms with Crippen LogP contribution in [0, 0.1) is 0 Å². The molecule has 0 aromatic heterocycles. The average Bonchev–Trinajstić information content (AvgIpc) is 2.38. The Morgan fingerprint density at radius 2 is 1.33 bits per heavy atom. The highest BCUT2D eigenvalue weighted by atomic mass is 79.9. The standard InChI is InChI=1S/C16H10BrCl/c17-15-6-3-11(4-7-15)13-2-1-12-5-8-16(18)10-14(12)9-13/h1-10H. The lowest BCUT2D eigenvalue weighted by atomic mass is 10.0. The third-order valence-electron chi connectivity index (χ3n) is 2.98. The van der Waals surface area contributed by atoms with E-state index in [0.717, 1.165) is 9.50 Å². The summed E-state index contributed by atoms with van der Waals surface area (Å²) in [5.74, 6) is 0. The van der Waals surface area contributed by atoms with Gasteiger partial charge in [0.15, 0.2) is 0 Å². The van der Waals surface area contributed by atoms with Crippen LogP contribution in [0.4, 0.5) is 0 Å². The largest absolute Gasteiger partial charge is 0.0843 e. The number of hydrogen-bond acceptors (Lipinski definition) is 0. The molecule has 0 saturated heterocycles. The molecule has 0 fully saturated rings. The minimum atomic E-state index is 0.774. The van der Waals surface area contributed by atoms with Gasteiger partial charge in [-0.25, -0.2) is 0 Å². The third kappa shape index (κ3) is 2.29. The number of benzene rings is 3. The summed E-state index contributed by atoms with van der Waals surface area (Å²) in [6.45, 7) is 0. The molecular weight excluding hydrogens is 308 g/mol. The van der Waals surface area contributed by atoms with Crippen LogP contribution < -0.4 is 0 Å². The van der Waals surface area contributed by atoms with Crippen molar-refractivity contribution in [2.75, 3.05) is 0 Å². The van der Waals surface area contributed by atoms with Gasteiger partial charge >= 0.3 is 0 Å². The van der Waals surface area contributed by atoms with Crippen LogP contribution in [0.25, 0.3) is 21.9 Å². The van der Waals surface area contributed by atoms with Gasteiger partial charge in [-0.2, -0.15) is 0 Å². The lowest BCUT2D eigenvalue weighted by Crippen LogP contribution is -1.79. The van der Waals surface area contributed by atoms with Crippen LogP contribution in [-0.4, -0.2) is 0 Å². The number of hydrogen-bond donors (Lipinski definition) is 0. The number of rotatable bonds is 1. The van der Waals surface area contributed by atoms with Gasteiger partial charge in [0, 0.05) is 9.50 Å². The smallest absolute Gasteiger partial charge is 0.0412 e. The molecule has 0 aliphatic rings. The minimum Gasteiger partial charge on any atom is -0.0843 e. The molecule has 0 unspecified atom stereocenters. The van der Waals surface area contributed by atoms with E-state index in [2.05, 4.69) is 58.4 Å². The van der Waals surface area contributed by atoms with Crippen molar-refractivity contribution in [3.8, 4) is 11.1 Å². The van der Waals surface area contributed by atoms with Gasteiger partial charge in [0.25, 0.3) is 0 Å². The molecule has 0 atom stereocenters. The maximum Gasteiger partial charge on any atom is 0.0412 e. The van der Waals surface area contributed by atoms with E-state index in [4.69, 9.17) is 11.6 Å². The number of halogens is 2. The fraction of sp³-hybridized carbons (Fsp3) is 0. The molecule has 0 radical (unpaired) electrons. The Labute approximate surface area is 119 Å². The van der Waals surface area contributed by atoms with E-state index < -0.39 is 0 Å². The van der Waals surface area contributed by atoms with Crippen LogP contribution in [0.1, 0.15) is 0 Å². The van der Waals surface area contributed by atoms with Crippen molar-refractivity contribution in [2.24, 2.45) is 0 Å². The van der Waals surface area contributed by atoms with E-state index in [1.807, 2.05) is 18.2 Å². The molecule has 3 rings (SSSR count). The Morgan fingerprint density at radius 3 is 2.11 bits per heavy atom. The van der Waals surface area contributed by atoms with Crippen molar-refractivity contribution in [2.45, 2.75) is 0 Å². The van der Waals surface area contributed by atoms with Crippen molar-refractivity contribution < 1.29 is 0 Å². The molecule has 0 amide bonds. The van der Waals surface area contributed by atoms with E-state index in [1.54, 1.807) is 0 Å². The van der Waals surface area contributed by atoms with Gasteiger partial charge in [0.1, 0.15) is 0 Å². The summed E-state index contributed by atoms with van der Waals surface area (Å²) in [5.41, 5.74) is 2.41. The van der Waals surface area contributed by atoms with E-state index >= 15 is 0 Å². The molecule has 3 aromatic carbocycles. The zero-order valence-corrected chi connectivity index (χ0v) is 11.9. The lowest BCUT2D eigenvalue weighted by Gasteiger charge is -2.05. The zero-order chi connectivity index (χ0) is 12.5. The normalized spacial score (nSPS) is 10.8. The molecular formula is C16H10BrCl. The molecule has 0 nitrogen and oxygen atoms in total. The Balaban J connectivity index is 2.15. The Kier molecular flexibility index (Phi) is 3.11. The molecule has 0 aliphatic carbocycles. The maximum atomic E-state index is 6.03. The van der Waals surface area contributed by atoms with Gasteiger partial charge in [0.05, 0.1) is 0 Å². The first kappa shape index (κ1) is 11.8. The van der Waals surface area contributed by atoms with Gasteiger partial charge < -0.3 is 0 Å². The summed E-state index contributed by atoms with van der Waals surface area (Å²) < 4.78 is 1.09. The molecule has 2 heteroatoms. The third-order valence-corrected chi connectivity index (χ3v) is 3.74. The molecule has 0 aliphatic heterocycles. The van der Waals surface area contributed by atoms with E-state index in [0.29, 0.717) is 0 Å². The highest BCUT2D eigenvalue weighted by Gasteiger charge is 2.00. The summed E-state index contributed by atoms with van der Waals surface area (Å²) in [6.07, 6.45) is 0. The highest BCUT2D eigenvalue weighted by molar-refractivity contribution is 9.10. The zero-order valence-electron chi connectivity index (χ0n) is 9.53. The second-order valence-electron chi connectivity index (χ2n) is 4.21. The Hall–Kier alpha value is -1.31. The summed E-state index contributed by atoms with van der Waals surface area (Å²) >= 11 is 9.48. The van der Waals surface area contributed by atoms with Crippen LogP contribution in [0.3, 0.4) is 0 Å². The predicted molar refractivity (Wildman–Crippen MR) is 82.1 cm³/mol. The van der Waals surface area contributed by atoms with E-state index in [-0.39, 0.29) is 0 Å². The van der Waals surface area contributed by atoms with Crippen molar-refractivity contribution in [1.82, 2.24) is 0 Å². The molecule has 0 spiro atoms. The van der Waals surface area contributed by atoms with Gasteiger partial charge in [-0.1, -0.05) is 57.9 Å². The van der Waals surface area contributed by atoms with Gasteiger partial charge in [-0.05, 0) is 52.2 Å². The number of fused-ring (bicyclic) bond motifs is 1. The first-order valence-electron chi connectivity index (χ1n) is 5.68. The van der Waals surface area contributed by atoms with E-state index in [1.165, 1.54) is 21.9 Å². The summed E-state index contributed by atoms with van der Waals surface area (Å²) in [6, 6.07) is 20.7. The van der Waals surface area contributed by atoms with Crippen molar-refractivity contribution in [1.29, 1.82) is 0 Å². The Bertz CT molecular complexity index is 702. The van der Waals surface area contributed by atoms with Gasteiger partial charge in [-0.3, -0.25) is 0 Å². The SMILES string of the molecule is Clc1ccc2ccc(-c3ccc(Br)cc3)cc2c1. The summed E-state index contributed by atoms with van der Waals surface area (Å²) in [5, 5.41) is 3.15. The Morgan fingerprint density at radius 1 is 0.667 bits per heavy atom. The van der Waals surface area contributed by atoms with Gasteiger partial charge in [-0.15, -0.1) is 0 Å². The minimum absolute atomic E-state index is 0.774. The first-order valence-corrected chi connectivity index (χ1v) is 6.85. The van der Waals surface area contributed by atoms with Crippen LogP contribution >= 0.6 is 27.5 Å². The molecule has 0 saturated carbocycles. The van der Waals surface area contributed by atoms with Crippen LogP contribution in [0.2, 0.25) is 5.02 Å². The first-order chi connectivity index (χ1) is 8.72. The van der Waals surface area contributed by atoms with Crippen molar-refractivity contribution in [3.05, 3.63) is 70.2 Å². The molecule has 3 aromatic rings. The van der Waals surface area contributed by atoms with Gasteiger partial charge in [0.2, 0.25) is 0 Å². The molecule has 0 bridgehead atoms. The molecule has 18 heavy (non-hydrogen) atoms. The molecule has 0 heterocycles. The summed E-state index contributed by atoms with van der Waals surface area (Å²) in [4.78, 5) is 0. The highest BCUT2D eigenvalue weighted by Crippen LogP contribution is 2.27. The van der Waals surface area contributed by atoms with Crippen LogP contribution in [0.15, 0.2) is 65.1 Å². The van der Waals surface area contributed by atoms with E-state index in [9.17, 15) is 0 Å². The predicted octanol–water partition coefficient (Wildman–Crippen LogP) is 5.92. The lowest BCUT2D eigenvalue weighted by molar-refractivity contribution is 1.61.